The lowest BCUT2D eigenvalue weighted by Gasteiger charge is -2.03. The van der Waals surface area contributed by atoms with Crippen molar-refractivity contribution in [3.8, 4) is 0 Å². The van der Waals surface area contributed by atoms with Crippen molar-refractivity contribution in [3.63, 3.8) is 0 Å². The fraction of sp³-hybridized carbons (Fsp3) is 0. The number of Topliss-reactive ketones (excluding diaryl/α,β-unsaturated/α-hetero) is 1. The van der Waals surface area contributed by atoms with E-state index in [9.17, 15) is 13.2 Å². The second-order valence-corrected chi connectivity index (χ2v) is 6.57. The molecule has 3 nitrogen and oxygen atoms in total. The lowest BCUT2D eigenvalue weighted by atomic mass is 10.1. The van der Waals surface area contributed by atoms with Gasteiger partial charge in [0.05, 0.1) is 9.93 Å². The Morgan fingerprint density at radius 3 is 2.15 bits per heavy atom. The van der Waals surface area contributed by atoms with Crippen molar-refractivity contribution in [1.29, 1.82) is 0 Å². The molecular formula is C15H9ClO3S. The van der Waals surface area contributed by atoms with Crippen LogP contribution in [-0.2, 0) is 9.84 Å². The van der Waals surface area contributed by atoms with Crippen molar-refractivity contribution >= 4 is 32.3 Å². The summed E-state index contributed by atoms with van der Waals surface area (Å²) in [7, 11) is -3.84. The number of hydrogen-bond acceptors (Lipinski definition) is 3. The van der Waals surface area contributed by atoms with Gasteiger partial charge in [-0.25, -0.2) is 8.42 Å². The zero-order valence-electron chi connectivity index (χ0n) is 10.2. The minimum absolute atomic E-state index is 0.00514. The molecule has 3 rings (SSSR count). The molecule has 1 aliphatic heterocycles. The zero-order chi connectivity index (χ0) is 14.3. The average molecular weight is 305 g/mol. The van der Waals surface area contributed by atoms with Crippen LogP contribution in [0.15, 0.2) is 64.4 Å². The molecule has 2 aromatic carbocycles. The zero-order valence-corrected chi connectivity index (χ0v) is 11.8. The number of rotatable bonds is 2. The number of carbonyl (C=O) groups is 1. The van der Waals surface area contributed by atoms with Crippen molar-refractivity contribution in [2.75, 3.05) is 0 Å². The van der Waals surface area contributed by atoms with E-state index >= 15 is 0 Å². The molecule has 0 radical (unpaired) electrons. The van der Waals surface area contributed by atoms with Gasteiger partial charge in [-0.2, -0.15) is 0 Å². The Balaban J connectivity index is 2.22. The highest BCUT2D eigenvalue weighted by Crippen LogP contribution is 2.42. The Morgan fingerprint density at radius 2 is 1.50 bits per heavy atom. The maximum atomic E-state index is 12.4. The summed E-state index contributed by atoms with van der Waals surface area (Å²) in [4.78, 5) is 12.2. The van der Waals surface area contributed by atoms with Crippen LogP contribution in [0.4, 0.5) is 0 Å². The molecule has 0 fully saturated rings. The summed E-state index contributed by atoms with van der Waals surface area (Å²) in [5.74, 6) is -0.577. The van der Waals surface area contributed by atoms with Gasteiger partial charge in [-0.1, -0.05) is 60.1 Å². The van der Waals surface area contributed by atoms with Gasteiger partial charge in [0.15, 0.2) is 0 Å². The Bertz CT molecular complexity index is 836. The minimum Gasteiger partial charge on any atom is -0.288 e. The Labute approximate surface area is 121 Å². The summed E-state index contributed by atoms with van der Waals surface area (Å²) < 4.78 is 24.9. The van der Waals surface area contributed by atoms with E-state index in [0.717, 1.165) is 0 Å². The van der Waals surface area contributed by atoms with Crippen molar-refractivity contribution < 1.29 is 13.2 Å². The molecule has 20 heavy (non-hydrogen) atoms. The van der Waals surface area contributed by atoms with Crippen LogP contribution in [0.5, 0.6) is 0 Å². The third-order valence-electron chi connectivity index (χ3n) is 3.12. The first kappa shape index (κ1) is 13.1. The smallest absolute Gasteiger partial charge is 0.212 e. The SMILES string of the molecule is O=C(C1=C(Cl)c2ccccc2S1(=O)=O)c1ccccc1. The summed E-state index contributed by atoms with van der Waals surface area (Å²) in [6.07, 6.45) is 0. The number of fused-ring (bicyclic) bond motifs is 1. The van der Waals surface area contributed by atoms with Crippen LogP contribution in [0.2, 0.25) is 0 Å². The third kappa shape index (κ3) is 1.80. The predicted molar refractivity (Wildman–Crippen MR) is 77.2 cm³/mol. The fourth-order valence-electron chi connectivity index (χ4n) is 2.17. The predicted octanol–water partition coefficient (Wildman–Crippen LogP) is 3.26. The molecule has 0 aromatic heterocycles. The van der Waals surface area contributed by atoms with Crippen LogP contribution in [0.3, 0.4) is 0 Å². The summed E-state index contributed by atoms with van der Waals surface area (Å²) in [6, 6.07) is 14.6. The van der Waals surface area contributed by atoms with Gasteiger partial charge >= 0.3 is 0 Å². The van der Waals surface area contributed by atoms with Gasteiger partial charge in [-0.3, -0.25) is 4.79 Å². The Kier molecular flexibility index (Phi) is 3.00. The van der Waals surface area contributed by atoms with E-state index in [2.05, 4.69) is 0 Å². The molecule has 5 heteroatoms. The molecule has 1 heterocycles. The van der Waals surface area contributed by atoms with Crippen LogP contribution in [0.25, 0.3) is 5.03 Å². The maximum absolute atomic E-state index is 12.4. The van der Waals surface area contributed by atoms with Crippen LogP contribution in [0, 0.1) is 0 Å². The van der Waals surface area contributed by atoms with Crippen molar-refractivity contribution in [2.24, 2.45) is 0 Å². The number of carbonyl (C=O) groups excluding carboxylic acids is 1. The average Bonchev–Trinajstić information content (AvgIpc) is 2.67. The van der Waals surface area contributed by atoms with Crippen molar-refractivity contribution in [2.45, 2.75) is 4.90 Å². The lowest BCUT2D eigenvalue weighted by Crippen LogP contribution is -2.11. The Hall–Kier alpha value is -1.91. The third-order valence-corrected chi connectivity index (χ3v) is 5.49. The number of allylic oxidation sites excluding steroid dienone is 1. The first-order valence-electron chi connectivity index (χ1n) is 5.87. The van der Waals surface area contributed by atoms with E-state index in [1.54, 1.807) is 48.5 Å². The molecule has 0 spiro atoms. The number of sulfone groups is 1. The van der Waals surface area contributed by atoms with E-state index < -0.39 is 15.6 Å². The molecule has 0 N–H and O–H groups in total. The molecule has 0 amide bonds. The molecule has 0 aliphatic carbocycles. The molecule has 0 atom stereocenters. The van der Waals surface area contributed by atoms with Gasteiger partial charge < -0.3 is 0 Å². The van der Waals surface area contributed by atoms with Crippen LogP contribution in [-0.4, -0.2) is 14.2 Å². The van der Waals surface area contributed by atoms with E-state index in [1.807, 2.05) is 0 Å². The quantitative estimate of drug-likeness (QED) is 0.800. The van der Waals surface area contributed by atoms with Gasteiger partial charge in [-0.05, 0) is 6.07 Å². The minimum atomic E-state index is -3.84. The number of benzene rings is 2. The second-order valence-electron chi connectivity index (χ2n) is 4.34. The largest absolute Gasteiger partial charge is 0.288 e. The summed E-state index contributed by atoms with van der Waals surface area (Å²) >= 11 is 6.12. The van der Waals surface area contributed by atoms with Gasteiger partial charge in [0.1, 0.15) is 4.91 Å². The van der Waals surface area contributed by atoms with Crippen LogP contribution < -0.4 is 0 Å². The molecule has 0 unspecified atom stereocenters. The first-order chi connectivity index (χ1) is 9.53. The van der Waals surface area contributed by atoms with Crippen LogP contribution >= 0.6 is 11.6 Å². The summed E-state index contributed by atoms with van der Waals surface area (Å²) in [5.41, 5.74) is 0.686. The first-order valence-corrected chi connectivity index (χ1v) is 7.73. The molecule has 1 aliphatic rings. The molecule has 2 aromatic rings. The molecule has 0 saturated heterocycles. The monoisotopic (exact) mass is 304 g/mol. The van der Waals surface area contributed by atoms with E-state index in [1.165, 1.54) is 6.07 Å². The molecule has 0 saturated carbocycles. The molecule has 0 bridgehead atoms. The normalized spacial score (nSPS) is 16.1. The van der Waals surface area contributed by atoms with Crippen molar-refractivity contribution in [3.05, 3.63) is 70.6 Å². The fourth-order valence-corrected chi connectivity index (χ4v) is 4.43. The van der Waals surface area contributed by atoms with E-state index in [0.29, 0.717) is 11.1 Å². The van der Waals surface area contributed by atoms with E-state index in [-0.39, 0.29) is 14.8 Å². The highest BCUT2D eigenvalue weighted by Gasteiger charge is 2.39. The summed E-state index contributed by atoms with van der Waals surface area (Å²) in [5, 5.41) is -0.00514. The number of ketones is 1. The van der Waals surface area contributed by atoms with Gasteiger partial charge in [-0.15, -0.1) is 0 Å². The molecule has 100 valence electrons. The standard InChI is InChI=1S/C15H9ClO3S/c16-13-11-8-4-5-9-12(11)20(18,19)15(13)14(17)10-6-2-1-3-7-10/h1-9H. The maximum Gasteiger partial charge on any atom is 0.212 e. The van der Waals surface area contributed by atoms with E-state index in [4.69, 9.17) is 11.6 Å². The Morgan fingerprint density at radius 1 is 0.900 bits per heavy atom. The van der Waals surface area contributed by atoms with Crippen molar-refractivity contribution in [1.82, 2.24) is 0 Å². The second kappa shape index (κ2) is 4.58. The number of hydrogen-bond donors (Lipinski definition) is 0. The lowest BCUT2D eigenvalue weighted by molar-refractivity contribution is 0.104. The van der Waals surface area contributed by atoms with Crippen LogP contribution in [0.1, 0.15) is 15.9 Å². The van der Waals surface area contributed by atoms with Gasteiger partial charge in [0, 0.05) is 11.1 Å². The summed E-state index contributed by atoms with van der Waals surface area (Å²) in [6.45, 7) is 0. The highest BCUT2D eigenvalue weighted by molar-refractivity contribution is 7.97. The topological polar surface area (TPSA) is 51.2 Å². The van der Waals surface area contributed by atoms with Gasteiger partial charge in [0.25, 0.3) is 0 Å². The van der Waals surface area contributed by atoms with Gasteiger partial charge in [0.2, 0.25) is 15.6 Å². The highest BCUT2D eigenvalue weighted by atomic mass is 35.5. The number of halogens is 1. The molecular weight excluding hydrogens is 296 g/mol.